The molecule has 3 heterocycles. The number of furan rings is 2. The highest BCUT2D eigenvalue weighted by Gasteiger charge is 2.18. The van der Waals surface area contributed by atoms with Crippen molar-refractivity contribution in [2.24, 2.45) is 0 Å². The molecule has 0 aliphatic heterocycles. The van der Waals surface area contributed by atoms with Gasteiger partial charge in [-0.15, -0.1) is 0 Å². The molecule has 0 bridgehead atoms. The molecule has 11 aromatic rings. The minimum absolute atomic E-state index is 0.892. The first-order valence-corrected chi connectivity index (χ1v) is 17.3. The van der Waals surface area contributed by atoms with Crippen LogP contribution < -0.4 is 0 Å². The second-order valence-corrected chi connectivity index (χ2v) is 13.3. The zero-order valence-corrected chi connectivity index (χ0v) is 27.5. The van der Waals surface area contributed by atoms with Crippen LogP contribution in [-0.4, -0.2) is 4.57 Å². The summed E-state index contributed by atoms with van der Waals surface area (Å²) in [7, 11) is 0. The number of rotatable bonds is 4. The van der Waals surface area contributed by atoms with Crippen molar-refractivity contribution in [3.05, 3.63) is 176 Å². The number of aromatic nitrogens is 1. The van der Waals surface area contributed by atoms with Gasteiger partial charge in [0.2, 0.25) is 0 Å². The maximum atomic E-state index is 6.47. The SMILES string of the molecule is c1ccc(-c2cccc3oc4ccc(-c5ccc6c(c5)c5cc(-c7cccc8c7oc7ccccc78)ccc5n6-c5ccccc5)cc4c23)cc1. The van der Waals surface area contributed by atoms with E-state index in [1.807, 2.05) is 12.1 Å². The highest BCUT2D eigenvalue weighted by atomic mass is 16.3. The Kier molecular flexibility index (Phi) is 5.96. The van der Waals surface area contributed by atoms with Crippen LogP contribution in [0.1, 0.15) is 0 Å². The molecule has 0 amide bonds. The molecule has 0 fully saturated rings. The Hall–Kier alpha value is -6.84. The fourth-order valence-corrected chi connectivity index (χ4v) is 8.06. The fraction of sp³-hybridized carbons (Fsp3) is 0. The summed E-state index contributed by atoms with van der Waals surface area (Å²) < 4.78 is 15.2. The maximum absolute atomic E-state index is 6.47. The number of nitrogens with zero attached hydrogens (tertiary/aromatic N) is 1. The molecule has 3 nitrogen and oxygen atoms in total. The monoisotopic (exact) mass is 651 g/mol. The predicted molar refractivity (Wildman–Crippen MR) is 212 cm³/mol. The van der Waals surface area contributed by atoms with Crippen LogP contribution in [0.15, 0.2) is 185 Å². The van der Waals surface area contributed by atoms with E-state index < -0.39 is 0 Å². The van der Waals surface area contributed by atoms with Gasteiger partial charge in [0.05, 0.1) is 11.0 Å². The summed E-state index contributed by atoms with van der Waals surface area (Å²) in [4.78, 5) is 0. The van der Waals surface area contributed by atoms with Crippen molar-refractivity contribution >= 4 is 65.7 Å². The second kappa shape index (κ2) is 10.8. The standard InChI is InChI=1S/C48H29NO2/c1-3-11-30(12-4-1)35-16-10-20-46-47(35)41-28-32(23-26-45(41)50-46)31-21-24-42-39(27-31)40-29-33(22-25-43(40)49(42)34-13-5-2-6-14-34)36-17-9-18-38-37-15-7-8-19-44(37)51-48(36)38/h1-29H. The molecule has 0 atom stereocenters. The van der Waals surface area contributed by atoms with Crippen LogP contribution in [0.25, 0.3) is 105 Å². The molecule has 0 radical (unpaired) electrons. The average molecular weight is 652 g/mol. The molecular formula is C48H29NO2. The van der Waals surface area contributed by atoms with Crippen molar-refractivity contribution in [2.45, 2.75) is 0 Å². The minimum atomic E-state index is 0.892. The zero-order chi connectivity index (χ0) is 33.5. The maximum Gasteiger partial charge on any atom is 0.143 e. The zero-order valence-electron chi connectivity index (χ0n) is 27.5. The highest BCUT2D eigenvalue weighted by molar-refractivity contribution is 6.15. The number of para-hydroxylation sites is 3. The van der Waals surface area contributed by atoms with Crippen molar-refractivity contribution in [2.75, 3.05) is 0 Å². The van der Waals surface area contributed by atoms with E-state index >= 15 is 0 Å². The summed E-state index contributed by atoms with van der Waals surface area (Å²) in [6.45, 7) is 0. The van der Waals surface area contributed by atoms with Gasteiger partial charge in [0.25, 0.3) is 0 Å². The Morgan fingerprint density at radius 3 is 1.75 bits per heavy atom. The van der Waals surface area contributed by atoms with Crippen LogP contribution in [0.2, 0.25) is 0 Å². The minimum Gasteiger partial charge on any atom is -0.456 e. The van der Waals surface area contributed by atoms with E-state index in [1.54, 1.807) is 0 Å². The van der Waals surface area contributed by atoms with Gasteiger partial charge in [0.1, 0.15) is 22.3 Å². The lowest BCUT2D eigenvalue weighted by molar-refractivity contribution is 0.669. The third kappa shape index (κ3) is 4.25. The summed E-state index contributed by atoms with van der Waals surface area (Å²) in [6.07, 6.45) is 0. The number of fused-ring (bicyclic) bond motifs is 9. The van der Waals surface area contributed by atoms with Crippen molar-refractivity contribution in [3.63, 3.8) is 0 Å². The Bertz CT molecular complexity index is 3130. The van der Waals surface area contributed by atoms with E-state index in [-0.39, 0.29) is 0 Å². The molecule has 8 aromatic carbocycles. The molecule has 0 saturated carbocycles. The normalized spacial score (nSPS) is 11.9. The smallest absolute Gasteiger partial charge is 0.143 e. The summed E-state index contributed by atoms with van der Waals surface area (Å²) in [6, 6.07) is 62.5. The van der Waals surface area contributed by atoms with Crippen LogP contribution in [0.3, 0.4) is 0 Å². The highest BCUT2D eigenvalue weighted by Crippen LogP contribution is 2.42. The molecule has 0 aliphatic rings. The van der Waals surface area contributed by atoms with Gasteiger partial charge in [-0.25, -0.2) is 0 Å². The fourth-order valence-electron chi connectivity index (χ4n) is 8.06. The quantitative estimate of drug-likeness (QED) is 0.190. The summed E-state index contributed by atoms with van der Waals surface area (Å²) in [5, 5.41) is 6.94. The van der Waals surface area contributed by atoms with Gasteiger partial charge in [-0.1, -0.05) is 115 Å². The summed E-state index contributed by atoms with van der Waals surface area (Å²) in [5.41, 5.74) is 14.0. The molecule has 0 aliphatic carbocycles. The second-order valence-electron chi connectivity index (χ2n) is 13.3. The largest absolute Gasteiger partial charge is 0.456 e. The van der Waals surface area contributed by atoms with Crippen LogP contribution in [-0.2, 0) is 0 Å². The van der Waals surface area contributed by atoms with Gasteiger partial charge in [-0.2, -0.15) is 0 Å². The molecule has 3 aromatic heterocycles. The number of benzene rings is 8. The Labute approximate surface area is 293 Å². The molecule has 238 valence electrons. The van der Waals surface area contributed by atoms with Crippen LogP contribution in [0, 0.1) is 0 Å². The van der Waals surface area contributed by atoms with Crippen molar-refractivity contribution in [3.8, 4) is 39.1 Å². The Morgan fingerprint density at radius 2 is 0.922 bits per heavy atom. The van der Waals surface area contributed by atoms with Crippen LogP contribution >= 0.6 is 0 Å². The van der Waals surface area contributed by atoms with E-state index in [9.17, 15) is 0 Å². The lowest BCUT2D eigenvalue weighted by Gasteiger charge is -2.09. The molecule has 51 heavy (non-hydrogen) atoms. The van der Waals surface area contributed by atoms with Crippen LogP contribution in [0.4, 0.5) is 0 Å². The predicted octanol–water partition coefficient (Wildman–Crippen LogP) is 13.6. The number of hydrogen-bond donors (Lipinski definition) is 0. The van der Waals surface area contributed by atoms with E-state index in [0.29, 0.717) is 0 Å². The Morgan fingerprint density at radius 1 is 0.333 bits per heavy atom. The lowest BCUT2D eigenvalue weighted by Crippen LogP contribution is -1.93. The topological polar surface area (TPSA) is 31.2 Å². The van der Waals surface area contributed by atoms with E-state index in [2.05, 4.69) is 168 Å². The molecule has 0 spiro atoms. The summed E-state index contributed by atoms with van der Waals surface area (Å²) in [5.74, 6) is 0. The first-order valence-electron chi connectivity index (χ1n) is 17.3. The molecular weight excluding hydrogens is 623 g/mol. The molecule has 0 N–H and O–H groups in total. The van der Waals surface area contributed by atoms with Gasteiger partial charge in [0, 0.05) is 43.6 Å². The van der Waals surface area contributed by atoms with E-state index in [1.165, 1.54) is 27.4 Å². The molecule has 11 rings (SSSR count). The third-order valence-corrected chi connectivity index (χ3v) is 10.4. The van der Waals surface area contributed by atoms with Crippen LogP contribution in [0.5, 0.6) is 0 Å². The van der Waals surface area contributed by atoms with Crippen molar-refractivity contribution in [1.82, 2.24) is 4.57 Å². The van der Waals surface area contributed by atoms with Gasteiger partial charge < -0.3 is 13.4 Å². The first kappa shape index (κ1) is 28.0. The Balaban J connectivity index is 1.14. The van der Waals surface area contributed by atoms with Gasteiger partial charge in [-0.05, 0) is 88.5 Å². The van der Waals surface area contributed by atoms with Crippen molar-refractivity contribution in [1.29, 1.82) is 0 Å². The first-order chi connectivity index (χ1) is 25.3. The van der Waals surface area contributed by atoms with Gasteiger partial charge >= 0.3 is 0 Å². The van der Waals surface area contributed by atoms with Gasteiger partial charge in [0.15, 0.2) is 0 Å². The average Bonchev–Trinajstić information content (AvgIpc) is 3.87. The third-order valence-electron chi connectivity index (χ3n) is 10.4. The lowest BCUT2D eigenvalue weighted by atomic mass is 9.96. The van der Waals surface area contributed by atoms with Gasteiger partial charge in [-0.3, -0.25) is 0 Å². The van der Waals surface area contributed by atoms with E-state index in [4.69, 9.17) is 8.83 Å². The molecule has 3 heteroatoms. The summed E-state index contributed by atoms with van der Waals surface area (Å²) >= 11 is 0. The molecule has 0 unspecified atom stereocenters. The van der Waals surface area contributed by atoms with E-state index in [0.717, 1.165) is 77.3 Å². The number of hydrogen-bond acceptors (Lipinski definition) is 2. The molecule has 0 saturated heterocycles. The van der Waals surface area contributed by atoms with Crippen molar-refractivity contribution < 1.29 is 8.83 Å².